The van der Waals surface area contributed by atoms with Crippen LogP contribution in [0.1, 0.15) is 24.0 Å². The lowest BCUT2D eigenvalue weighted by molar-refractivity contribution is 0.00844. The van der Waals surface area contributed by atoms with Gasteiger partial charge in [0, 0.05) is 24.3 Å². The second-order valence-corrected chi connectivity index (χ2v) is 5.84. The molecule has 0 spiro atoms. The third-order valence-corrected chi connectivity index (χ3v) is 4.34. The largest absolute Gasteiger partial charge is 0.385 e. The molecule has 0 saturated carbocycles. The van der Waals surface area contributed by atoms with Gasteiger partial charge in [0.25, 0.3) is 0 Å². The normalized spacial score (nSPS) is 17.8. The number of halogens is 1. The molecule has 2 nitrogen and oxygen atoms in total. The molecule has 1 saturated heterocycles. The SMILES string of the molecule is Cc1ccc(F)c(C2(O)CCN(c3ccccc3)CC2)c1. The molecule has 110 valence electrons. The van der Waals surface area contributed by atoms with E-state index in [2.05, 4.69) is 17.0 Å². The summed E-state index contributed by atoms with van der Waals surface area (Å²) in [6.07, 6.45) is 1.09. The summed E-state index contributed by atoms with van der Waals surface area (Å²) in [5.41, 5.74) is 1.52. The summed E-state index contributed by atoms with van der Waals surface area (Å²) in [5, 5.41) is 10.8. The Morgan fingerprint density at radius 2 is 1.71 bits per heavy atom. The van der Waals surface area contributed by atoms with E-state index in [1.54, 1.807) is 12.1 Å². The van der Waals surface area contributed by atoms with Crippen LogP contribution < -0.4 is 4.90 Å². The van der Waals surface area contributed by atoms with Crippen LogP contribution in [-0.4, -0.2) is 18.2 Å². The molecule has 0 aliphatic carbocycles. The first-order valence-electron chi connectivity index (χ1n) is 7.37. The van der Waals surface area contributed by atoms with Gasteiger partial charge >= 0.3 is 0 Å². The van der Waals surface area contributed by atoms with E-state index in [0.717, 1.165) is 24.3 Å². The van der Waals surface area contributed by atoms with E-state index in [4.69, 9.17) is 0 Å². The number of rotatable bonds is 2. The van der Waals surface area contributed by atoms with Crippen molar-refractivity contribution in [2.45, 2.75) is 25.4 Å². The number of aryl methyl sites for hydroxylation is 1. The second-order valence-electron chi connectivity index (χ2n) is 5.84. The van der Waals surface area contributed by atoms with E-state index in [9.17, 15) is 9.50 Å². The highest BCUT2D eigenvalue weighted by Gasteiger charge is 2.36. The summed E-state index contributed by atoms with van der Waals surface area (Å²) in [5.74, 6) is -0.309. The quantitative estimate of drug-likeness (QED) is 0.911. The highest BCUT2D eigenvalue weighted by atomic mass is 19.1. The molecule has 21 heavy (non-hydrogen) atoms. The van der Waals surface area contributed by atoms with Gasteiger partial charge in [-0.15, -0.1) is 0 Å². The number of anilines is 1. The molecule has 0 unspecified atom stereocenters. The van der Waals surface area contributed by atoms with Crippen LogP contribution in [0.5, 0.6) is 0 Å². The van der Waals surface area contributed by atoms with Crippen molar-refractivity contribution >= 4 is 5.69 Å². The Balaban J connectivity index is 1.79. The first kappa shape index (κ1) is 14.1. The maximum absolute atomic E-state index is 14.0. The van der Waals surface area contributed by atoms with Gasteiger partial charge in [0.05, 0.1) is 5.60 Å². The van der Waals surface area contributed by atoms with Crippen LogP contribution in [-0.2, 0) is 5.60 Å². The molecule has 1 aliphatic rings. The summed E-state index contributed by atoms with van der Waals surface area (Å²) < 4.78 is 14.0. The summed E-state index contributed by atoms with van der Waals surface area (Å²) >= 11 is 0. The van der Waals surface area contributed by atoms with E-state index in [1.165, 1.54) is 6.07 Å². The predicted octanol–water partition coefficient (Wildman–Crippen LogP) is 3.62. The number of nitrogens with zero attached hydrogens (tertiary/aromatic N) is 1. The van der Waals surface area contributed by atoms with Crippen molar-refractivity contribution in [3.8, 4) is 0 Å². The van der Waals surface area contributed by atoms with Crippen LogP contribution in [0.25, 0.3) is 0 Å². The zero-order valence-electron chi connectivity index (χ0n) is 12.2. The molecular weight excluding hydrogens is 265 g/mol. The lowest BCUT2D eigenvalue weighted by atomic mass is 9.83. The monoisotopic (exact) mass is 285 g/mol. The highest BCUT2D eigenvalue weighted by molar-refractivity contribution is 5.47. The molecular formula is C18H20FNO. The molecule has 3 heteroatoms. The van der Waals surface area contributed by atoms with E-state index in [0.29, 0.717) is 18.4 Å². The third-order valence-electron chi connectivity index (χ3n) is 4.34. The molecule has 0 amide bonds. The van der Waals surface area contributed by atoms with Gasteiger partial charge in [-0.1, -0.05) is 35.9 Å². The number of para-hydroxylation sites is 1. The van der Waals surface area contributed by atoms with Crippen LogP contribution in [0.15, 0.2) is 48.5 Å². The minimum Gasteiger partial charge on any atom is -0.385 e. The summed E-state index contributed by atoms with van der Waals surface area (Å²) in [4.78, 5) is 2.24. The molecule has 1 fully saturated rings. The van der Waals surface area contributed by atoms with Gasteiger partial charge in [-0.3, -0.25) is 0 Å². The molecule has 0 atom stereocenters. The van der Waals surface area contributed by atoms with Gasteiger partial charge in [-0.25, -0.2) is 4.39 Å². The lowest BCUT2D eigenvalue weighted by Gasteiger charge is -2.39. The van der Waals surface area contributed by atoms with Crippen LogP contribution in [0.3, 0.4) is 0 Å². The minimum atomic E-state index is -1.05. The minimum absolute atomic E-state index is 0.309. The Hall–Kier alpha value is -1.87. The van der Waals surface area contributed by atoms with E-state index < -0.39 is 5.60 Å². The highest BCUT2D eigenvalue weighted by Crippen LogP contribution is 2.36. The number of piperidine rings is 1. The van der Waals surface area contributed by atoms with E-state index in [1.807, 2.05) is 25.1 Å². The maximum Gasteiger partial charge on any atom is 0.129 e. The van der Waals surface area contributed by atoms with Crippen molar-refractivity contribution in [2.75, 3.05) is 18.0 Å². The predicted molar refractivity (Wildman–Crippen MR) is 82.9 cm³/mol. The fourth-order valence-electron chi connectivity index (χ4n) is 3.04. The number of hydrogen-bond acceptors (Lipinski definition) is 2. The van der Waals surface area contributed by atoms with Gasteiger partial charge in [0.1, 0.15) is 5.82 Å². The zero-order chi connectivity index (χ0) is 14.9. The van der Waals surface area contributed by atoms with Crippen molar-refractivity contribution in [3.05, 3.63) is 65.5 Å². The molecule has 2 aromatic carbocycles. The van der Waals surface area contributed by atoms with Crippen molar-refractivity contribution in [3.63, 3.8) is 0 Å². The number of benzene rings is 2. The average molecular weight is 285 g/mol. The van der Waals surface area contributed by atoms with Gasteiger partial charge in [0.2, 0.25) is 0 Å². The molecule has 2 aromatic rings. The van der Waals surface area contributed by atoms with Gasteiger partial charge < -0.3 is 10.0 Å². The summed E-state index contributed by atoms with van der Waals surface area (Å²) in [6, 6.07) is 15.1. The van der Waals surface area contributed by atoms with Gasteiger partial charge in [-0.05, 0) is 38.0 Å². The maximum atomic E-state index is 14.0. The molecule has 0 radical (unpaired) electrons. The molecule has 0 aromatic heterocycles. The first-order chi connectivity index (χ1) is 10.1. The lowest BCUT2D eigenvalue weighted by Crippen LogP contribution is -2.43. The summed E-state index contributed by atoms with van der Waals surface area (Å²) in [7, 11) is 0. The second kappa shape index (κ2) is 5.49. The van der Waals surface area contributed by atoms with Crippen LogP contribution in [0.2, 0.25) is 0 Å². The topological polar surface area (TPSA) is 23.5 Å². The van der Waals surface area contributed by atoms with Crippen LogP contribution >= 0.6 is 0 Å². The Morgan fingerprint density at radius 1 is 1.05 bits per heavy atom. The standard InChI is InChI=1S/C18H20FNO/c1-14-7-8-17(19)16(13-14)18(21)9-11-20(12-10-18)15-5-3-2-4-6-15/h2-8,13,21H,9-12H2,1H3. The molecule has 3 rings (SSSR count). The molecule has 1 N–H and O–H groups in total. The van der Waals surface area contributed by atoms with Crippen molar-refractivity contribution in [1.82, 2.24) is 0 Å². The Labute approximate surface area is 124 Å². The van der Waals surface area contributed by atoms with E-state index >= 15 is 0 Å². The average Bonchev–Trinajstić information content (AvgIpc) is 2.51. The number of aliphatic hydroxyl groups is 1. The number of hydrogen-bond donors (Lipinski definition) is 1. The van der Waals surface area contributed by atoms with Crippen molar-refractivity contribution in [2.24, 2.45) is 0 Å². The first-order valence-corrected chi connectivity index (χ1v) is 7.37. The zero-order valence-corrected chi connectivity index (χ0v) is 12.2. The third kappa shape index (κ3) is 2.79. The van der Waals surface area contributed by atoms with Crippen LogP contribution in [0.4, 0.5) is 10.1 Å². The van der Waals surface area contributed by atoms with Crippen molar-refractivity contribution < 1.29 is 9.50 Å². The molecule has 1 aliphatic heterocycles. The molecule has 0 bridgehead atoms. The van der Waals surface area contributed by atoms with Gasteiger partial charge in [0.15, 0.2) is 0 Å². The Bertz CT molecular complexity index is 618. The van der Waals surface area contributed by atoms with Crippen molar-refractivity contribution in [1.29, 1.82) is 0 Å². The smallest absolute Gasteiger partial charge is 0.129 e. The van der Waals surface area contributed by atoms with E-state index in [-0.39, 0.29) is 5.82 Å². The van der Waals surface area contributed by atoms with Crippen LogP contribution in [0, 0.1) is 12.7 Å². The fraction of sp³-hybridized carbons (Fsp3) is 0.333. The Morgan fingerprint density at radius 3 is 2.38 bits per heavy atom. The van der Waals surface area contributed by atoms with Gasteiger partial charge in [-0.2, -0.15) is 0 Å². The fourth-order valence-corrected chi connectivity index (χ4v) is 3.04. The molecule has 1 heterocycles. The summed E-state index contributed by atoms with van der Waals surface area (Å²) in [6.45, 7) is 3.38. The Kier molecular flexibility index (Phi) is 3.68.